The van der Waals surface area contributed by atoms with E-state index < -0.39 is 0 Å². The Labute approximate surface area is 205 Å². The van der Waals surface area contributed by atoms with Gasteiger partial charge < -0.3 is 52.0 Å². The topological polar surface area (TPSA) is 0 Å². The molecule has 0 aliphatic rings. The van der Waals surface area contributed by atoms with E-state index in [-0.39, 0.29) is 77.8 Å². The molecule has 0 nitrogen and oxygen atoms in total. The number of benzene rings is 1. The van der Waals surface area contributed by atoms with Crippen molar-refractivity contribution in [2.45, 2.75) is 46.5 Å². The van der Waals surface area contributed by atoms with Gasteiger partial charge in [0.05, 0.1) is 0 Å². The summed E-state index contributed by atoms with van der Waals surface area (Å²) in [7, 11) is 0. The number of hydrogen-bond donors (Lipinski definition) is 0. The summed E-state index contributed by atoms with van der Waals surface area (Å²) in [6.07, 6.45) is 5.21. The van der Waals surface area contributed by atoms with Crippen molar-refractivity contribution in [3.63, 3.8) is 0 Å². The van der Waals surface area contributed by atoms with Gasteiger partial charge in [-0.1, -0.05) is 43.7 Å². The summed E-state index contributed by atoms with van der Waals surface area (Å²) in [5.74, 6) is 0. The number of hydrogen-bond acceptors (Lipinski definition) is 0. The molecule has 0 unspecified atom stereocenters. The average Bonchev–Trinajstić information content (AvgIpc) is 3.14. The molecule has 0 atom stereocenters. The van der Waals surface area contributed by atoms with Gasteiger partial charge in [-0.2, -0.15) is 24.3 Å². The molecule has 3 aromatic rings. The molecule has 0 aromatic heterocycles. The third-order valence-electron chi connectivity index (χ3n) is 4.08. The van der Waals surface area contributed by atoms with Crippen LogP contribution < -0.4 is 0 Å². The van der Waals surface area contributed by atoms with Crippen LogP contribution in [0.1, 0.15) is 42.9 Å². The van der Waals surface area contributed by atoms with Crippen LogP contribution in [0.15, 0.2) is 54.6 Å². The van der Waals surface area contributed by atoms with Gasteiger partial charge in [0.2, 0.25) is 0 Å². The van der Waals surface area contributed by atoms with E-state index in [2.05, 4.69) is 45.0 Å². The molecule has 0 saturated carbocycles. The molecule has 0 saturated heterocycles. The fourth-order valence-electron chi connectivity index (χ4n) is 2.64. The summed E-state index contributed by atoms with van der Waals surface area (Å²) in [5.41, 5.74) is 4.35. The maximum absolute atomic E-state index is 2.35. The second kappa shape index (κ2) is 25.1. The average molecular weight is 562 g/mol. The predicted octanol–water partition coefficient (Wildman–Crippen LogP) is 9.46. The first-order valence-electron chi connectivity index (χ1n) is 8.04. The Hall–Kier alpha value is -0.950. The van der Waals surface area contributed by atoms with Crippen LogP contribution in [0.3, 0.4) is 0 Å². The van der Waals surface area contributed by atoms with Crippen molar-refractivity contribution in [1.82, 2.24) is 0 Å². The van der Waals surface area contributed by atoms with Gasteiger partial charge in [0, 0.05) is 25.8 Å². The minimum absolute atomic E-state index is 0. The van der Waals surface area contributed by atoms with Crippen LogP contribution in [0, 0.1) is 65.8 Å². The molecular formula is C28H47Hf-9. The molecule has 0 aliphatic heterocycles. The van der Waals surface area contributed by atoms with Crippen molar-refractivity contribution >= 4 is 10.8 Å². The van der Waals surface area contributed by atoms with E-state index >= 15 is 0 Å². The van der Waals surface area contributed by atoms with Gasteiger partial charge in [0.15, 0.2) is 0 Å². The predicted molar refractivity (Wildman–Crippen MR) is 139 cm³/mol. The minimum atomic E-state index is 0. The van der Waals surface area contributed by atoms with Crippen molar-refractivity contribution in [3.8, 4) is 0 Å². The summed E-state index contributed by atoms with van der Waals surface area (Å²) >= 11 is 0. The van der Waals surface area contributed by atoms with Crippen molar-refractivity contribution < 1.29 is 25.8 Å². The zero-order valence-electron chi connectivity index (χ0n) is 21.0. The molecule has 0 bridgehead atoms. The number of fused-ring (bicyclic) bond motifs is 1. The monoisotopic (exact) mass is 563 g/mol. The van der Waals surface area contributed by atoms with Gasteiger partial charge in [-0.05, 0) is 13.8 Å². The fraction of sp³-hybridized carbons (Fsp3) is 0.250. The number of aryl methyl sites for hydroxylation is 3. The van der Waals surface area contributed by atoms with Crippen molar-refractivity contribution in [3.05, 3.63) is 123 Å². The first kappa shape index (κ1) is 46.3. The van der Waals surface area contributed by atoms with Crippen molar-refractivity contribution in [2.75, 3.05) is 0 Å². The van der Waals surface area contributed by atoms with Crippen molar-refractivity contribution in [2.24, 2.45) is 0 Å². The van der Waals surface area contributed by atoms with Crippen LogP contribution in [0.2, 0.25) is 0 Å². The van der Waals surface area contributed by atoms with Gasteiger partial charge in [0.25, 0.3) is 0 Å². The molecule has 0 aliphatic carbocycles. The molecule has 0 radical (unpaired) electrons. The van der Waals surface area contributed by atoms with E-state index in [4.69, 9.17) is 0 Å². The van der Waals surface area contributed by atoms with E-state index in [1.807, 2.05) is 30.3 Å². The van der Waals surface area contributed by atoms with Crippen LogP contribution in [-0.2, 0) is 32.3 Å². The van der Waals surface area contributed by atoms with Gasteiger partial charge in [-0.25, -0.2) is 12.1 Å². The quantitative estimate of drug-likeness (QED) is 0.169. The second-order valence-corrected chi connectivity index (χ2v) is 5.80. The molecular weight excluding hydrogens is 515 g/mol. The van der Waals surface area contributed by atoms with Crippen LogP contribution in [0.5, 0.6) is 0 Å². The summed E-state index contributed by atoms with van der Waals surface area (Å²) in [5, 5.41) is 2.88. The largest absolute Gasteiger partial charge is 0.358 e. The molecule has 0 spiro atoms. The van der Waals surface area contributed by atoms with Gasteiger partial charge in [0.1, 0.15) is 0 Å². The van der Waals surface area contributed by atoms with Gasteiger partial charge in [-0.15, -0.1) is 34.5 Å². The van der Waals surface area contributed by atoms with E-state index in [1.54, 1.807) is 0 Å². The normalized spacial score (nSPS) is 7.55. The molecule has 0 fully saturated rings. The standard InChI is InChI=1S/C16H21.C5H5.7CH3.Hf/c1-4-5-6-7-14-8-9-15-10-12(2)13(3)11-16(14)15;1-2-4-5-3-1;;;;;;;;/h8-11H,4-7H2,1-3H3;1-5H;7*1H3;/q9*-1;. The van der Waals surface area contributed by atoms with E-state index in [1.165, 1.54) is 53.1 Å². The molecule has 0 amide bonds. The van der Waals surface area contributed by atoms with Crippen LogP contribution in [0.4, 0.5) is 0 Å². The van der Waals surface area contributed by atoms with Gasteiger partial charge in [-0.3, -0.25) is 0 Å². The smallest absolute Gasteiger partial charge is 0 e. The Balaban J connectivity index is -0.0000000667. The van der Waals surface area contributed by atoms with Crippen molar-refractivity contribution in [1.29, 1.82) is 0 Å². The number of rotatable bonds is 4. The third-order valence-corrected chi connectivity index (χ3v) is 4.08. The number of unbranched alkanes of at least 4 members (excludes halogenated alkanes) is 2. The summed E-state index contributed by atoms with van der Waals surface area (Å²) in [6.45, 7) is 6.66. The molecule has 1 heteroatoms. The van der Waals surface area contributed by atoms with Crippen LogP contribution in [0.25, 0.3) is 10.8 Å². The molecule has 3 aromatic carbocycles. The summed E-state index contributed by atoms with van der Waals surface area (Å²) in [4.78, 5) is 0. The zero-order chi connectivity index (χ0) is 15.1. The second-order valence-electron chi connectivity index (χ2n) is 5.80. The molecule has 3 rings (SSSR count). The minimum Gasteiger partial charge on any atom is -0.358 e. The van der Waals surface area contributed by atoms with Gasteiger partial charge >= 0.3 is 0 Å². The Morgan fingerprint density at radius 3 is 1.76 bits per heavy atom. The first-order valence-corrected chi connectivity index (χ1v) is 8.04. The van der Waals surface area contributed by atoms with E-state index in [9.17, 15) is 0 Å². The third kappa shape index (κ3) is 14.6. The SMILES string of the molecule is CCCCC[c-]1ccc2cc(C)c(C)cc21.[CH3-].[CH3-].[CH3-].[CH3-].[CH3-].[CH3-].[CH3-].[Hf].c1cc[cH-]c1. The Morgan fingerprint density at radius 2 is 1.31 bits per heavy atom. The first-order chi connectivity index (χ1) is 10.2. The van der Waals surface area contributed by atoms with E-state index in [0.717, 1.165) is 0 Å². The zero-order valence-corrected chi connectivity index (χ0v) is 24.6. The fourth-order valence-corrected chi connectivity index (χ4v) is 2.64. The molecule has 29 heavy (non-hydrogen) atoms. The molecule has 0 N–H and O–H groups in total. The Morgan fingerprint density at radius 1 is 0.793 bits per heavy atom. The molecule has 0 heterocycles. The maximum Gasteiger partial charge on any atom is 0 e. The Bertz CT molecular complexity index is 627. The van der Waals surface area contributed by atoms with E-state index in [0.29, 0.717) is 0 Å². The maximum atomic E-state index is 2.35. The summed E-state index contributed by atoms with van der Waals surface area (Å²) in [6, 6.07) is 19.2. The summed E-state index contributed by atoms with van der Waals surface area (Å²) < 4.78 is 0. The molecule has 172 valence electrons. The Kier molecular flexibility index (Phi) is 40.1. The van der Waals surface area contributed by atoms with Crippen LogP contribution in [-0.4, -0.2) is 0 Å². The van der Waals surface area contributed by atoms with Crippen LogP contribution >= 0.6 is 0 Å².